The lowest BCUT2D eigenvalue weighted by Crippen LogP contribution is -2.44. The summed E-state index contributed by atoms with van der Waals surface area (Å²) in [5.74, 6) is -0.359. The van der Waals surface area contributed by atoms with E-state index >= 15 is 0 Å². The van der Waals surface area contributed by atoms with Crippen LogP contribution in [0.1, 0.15) is 31.0 Å². The zero-order chi connectivity index (χ0) is 26.0. The van der Waals surface area contributed by atoms with E-state index in [0.717, 1.165) is 22.3 Å². The number of sulfonamides is 1. The molecule has 192 valence electrons. The molecule has 37 heavy (non-hydrogen) atoms. The van der Waals surface area contributed by atoms with Gasteiger partial charge in [-0.2, -0.15) is 4.31 Å². The molecule has 1 aliphatic heterocycles. The molecule has 0 N–H and O–H groups in total. The zero-order valence-corrected chi connectivity index (χ0v) is 22.8. The van der Waals surface area contributed by atoms with Crippen LogP contribution in [0.2, 0.25) is 5.02 Å². The summed E-state index contributed by atoms with van der Waals surface area (Å²) in [6.07, 6.45) is 3.52. The van der Waals surface area contributed by atoms with Crippen LogP contribution < -0.4 is 4.90 Å². The maximum atomic E-state index is 13.8. The maximum absolute atomic E-state index is 13.8. The second-order valence-corrected chi connectivity index (χ2v) is 12.4. The summed E-state index contributed by atoms with van der Waals surface area (Å²) in [5.41, 5.74) is 2.85. The number of fused-ring (bicyclic) bond motifs is 1. The van der Waals surface area contributed by atoms with E-state index in [9.17, 15) is 13.2 Å². The number of aromatic nitrogens is 2. The molecular weight excluding hydrogens is 528 g/mol. The van der Waals surface area contributed by atoms with E-state index in [1.807, 2.05) is 24.3 Å². The number of aryl methyl sites for hydroxylation is 1. The molecule has 4 aromatic rings. The first kappa shape index (κ1) is 25.8. The molecule has 1 fully saturated rings. The van der Waals surface area contributed by atoms with Gasteiger partial charge in [-0.15, -0.1) is 0 Å². The number of pyridine rings is 1. The molecule has 0 aliphatic carbocycles. The van der Waals surface area contributed by atoms with Crippen molar-refractivity contribution < 1.29 is 13.2 Å². The van der Waals surface area contributed by atoms with Gasteiger partial charge in [-0.05, 0) is 73.4 Å². The highest BCUT2D eigenvalue weighted by Crippen LogP contribution is 2.33. The van der Waals surface area contributed by atoms with Gasteiger partial charge in [-0.25, -0.2) is 13.4 Å². The van der Waals surface area contributed by atoms with Gasteiger partial charge in [0.25, 0.3) is 0 Å². The van der Waals surface area contributed by atoms with Gasteiger partial charge in [0.1, 0.15) is 0 Å². The Morgan fingerprint density at radius 3 is 2.54 bits per heavy atom. The summed E-state index contributed by atoms with van der Waals surface area (Å²) in [4.78, 5) is 25.0. The number of thiazole rings is 1. The van der Waals surface area contributed by atoms with Crippen LogP contribution in [0.4, 0.5) is 5.13 Å². The predicted octanol–water partition coefficient (Wildman–Crippen LogP) is 5.54. The highest BCUT2D eigenvalue weighted by Gasteiger charge is 2.35. The molecule has 0 unspecified atom stereocenters. The minimum Gasteiger partial charge on any atom is -0.282 e. The second kappa shape index (κ2) is 10.9. The molecule has 0 atom stereocenters. The summed E-state index contributed by atoms with van der Waals surface area (Å²) in [5, 5.41) is 1.12. The molecule has 3 heterocycles. The van der Waals surface area contributed by atoms with Crippen molar-refractivity contribution in [3.63, 3.8) is 0 Å². The minimum atomic E-state index is -3.64. The summed E-state index contributed by atoms with van der Waals surface area (Å²) >= 11 is 7.42. The van der Waals surface area contributed by atoms with E-state index in [1.54, 1.807) is 23.2 Å². The van der Waals surface area contributed by atoms with Gasteiger partial charge in [0.15, 0.2) is 5.13 Å². The number of carbonyl (C=O) groups is 1. The SMILES string of the molecule is CCc1ccc2nc(N(Cc3ccccn3)C(=O)C3CCN(S(=O)(=O)c4ccc(Cl)cc4)CC3)sc2c1. The Morgan fingerprint density at radius 2 is 1.86 bits per heavy atom. The number of amides is 1. The lowest BCUT2D eigenvalue weighted by atomic mass is 9.96. The first-order chi connectivity index (χ1) is 17.8. The van der Waals surface area contributed by atoms with Crippen LogP contribution in [0.25, 0.3) is 10.2 Å². The van der Waals surface area contributed by atoms with Crippen molar-refractivity contribution in [2.24, 2.45) is 5.92 Å². The normalized spacial score (nSPS) is 15.2. The Hall–Kier alpha value is -2.85. The molecule has 10 heteroatoms. The quantitative estimate of drug-likeness (QED) is 0.299. The van der Waals surface area contributed by atoms with Gasteiger partial charge in [-0.1, -0.05) is 42.0 Å². The number of halogens is 1. The van der Waals surface area contributed by atoms with Crippen LogP contribution in [0.15, 0.2) is 71.8 Å². The number of anilines is 1. The second-order valence-electron chi connectivity index (χ2n) is 9.03. The topological polar surface area (TPSA) is 83.5 Å². The van der Waals surface area contributed by atoms with E-state index in [-0.39, 0.29) is 29.8 Å². The van der Waals surface area contributed by atoms with Crippen LogP contribution in [-0.4, -0.2) is 41.7 Å². The van der Waals surface area contributed by atoms with E-state index in [1.165, 1.54) is 33.3 Å². The molecule has 1 saturated heterocycles. The zero-order valence-electron chi connectivity index (χ0n) is 20.4. The largest absolute Gasteiger partial charge is 0.282 e. The Kier molecular flexibility index (Phi) is 7.57. The average molecular weight is 555 g/mol. The Balaban J connectivity index is 1.37. The summed E-state index contributed by atoms with van der Waals surface area (Å²) in [6, 6.07) is 18.0. The maximum Gasteiger partial charge on any atom is 0.243 e. The number of benzene rings is 2. The first-order valence-corrected chi connectivity index (χ1v) is 14.8. The standard InChI is InChI=1S/C27H27ClN4O3S2/c1-2-19-6-11-24-25(17-19)36-27(30-24)32(18-22-5-3-4-14-29-22)26(33)20-12-15-31(16-13-20)37(34,35)23-9-7-21(28)8-10-23/h3-11,14,17,20H,2,12-13,15-16,18H2,1H3. The van der Waals surface area contributed by atoms with Gasteiger partial charge in [0.05, 0.1) is 27.4 Å². The van der Waals surface area contributed by atoms with E-state index in [0.29, 0.717) is 29.5 Å². The van der Waals surface area contributed by atoms with Crippen molar-refractivity contribution in [1.29, 1.82) is 0 Å². The fourth-order valence-electron chi connectivity index (χ4n) is 4.50. The number of piperidine rings is 1. The van der Waals surface area contributed by atoms with E-state index in [4.69, 9.17) is 16.6 Å². The Bertz CT molecular complexity index is 1500. The Morgan fingerprint density at radius 1 is 1.11 bits per heavy atom. The van der Waals surface area contributed by atoms with E-state index in [2.05, 4.69) is 24.0 Å². The number of hydrogen-bond acceptors (Lipinski definition) is 6. The lowest BCUT2D eigenvalue weighted by molar-refractivity contribution is -0.123. The molecule has 0 spiro atoms. The Labute approximate surface area is 225 Å². The van der Waals surface area contributed by atoms with Crippen LogP contribution in [0.5, 0.6) is 0 Å². The highest BCUT2D eigenvalue weighted by molar-refractivity contribution is 7.89. The summed E-state index contributed by atoms with van der Waals surface area (Å²) < 4.78 is 28.7. The molecular formula is C27H27ClN4O3S2. The first-order valence-electron chi connectivity index (χ1n) is 12.2. The van der Waals surface area contributed by atoms with Gasteiger partial charge in [0.2, 0.25) is 15.9 Å². The minimum absolute atomic E-state index is 0.0519. The fraction of sp³-hybridized carbons (Fsp3) is 0.296. The van der Waals surface area contributed by atoms with Crippen molar-refractivity contribution in [3.8, 4) is 0 Å². The van der Waals surface area contributed by atoms with Crippen molar-refractivity contribution in [2.75, 3.05) is 18.0 Å². The molecule has 1 aliphatic rings. The van der Waals surface area contributed by atoms with Crippen LogP contribution in [0, 0.1) is 5.92 Å². The lowest BCUT2D eigenvalue weighted by Gasteiger charge is -2.33. The van der Waals surface area contributed by atoms with Crippen LogP contribution in [-0.2, 0) is 27.8 Å². The third-order valence-electron chi connectivity index (χ3n) is 6.65. The third-order valence-corrected chi connectivity index (χ3v) is 9.85. The fourth-order valence-corrected chi connectivity index (χ4v) is 7.13. The number of nitrogens with zero attached hydrogens (tertiary/aromatic N) is 4. The van der Waals surface area contributed by atoms with Crippen molar-refractivity contribution in [3.05, 3.63) is 83.1 Å². The third kappa shape index (κ3) is 5.55. The summed E-state index contributed by atoms with van der Waals surface area (Å²) in [7, 11) is -3.64. The van der Waals surface area contributed by atoms with E-state index < -0.39 is 10.0 Å². The highest BCUT2D eigenvalue weighted by atomic mass is 35.5. The van der Waals surface area contributed by atoms with Gasteiger partial charge < -0.3 is 0 Å². The van der Waals surface area contributed by atoms with Crippen LogP contribution in [0.3, 0.4) is 0 Å². The molecule has 5 rings (SSSR count). The molecule has 0 saturated carbocycles. The van der Waals surface area contributed by atoms with Gasteiger partial charge >= 0.3 is 0 Å². The molecule has 1 amide bonds. The van der Waals surface area contributed by atoms with Gasteiger partial charge in [0, 0.05) is 30.2 Å². The van der Waals surface area contributed by atoms with Crippen molar-refractivity contribution in [2.45, 2.75) is 37.6 Å². The molecule has 2 aromatic carbocycles. The molecule has 7 nitrogen and oxygen atoms in total. The average Bonchev–Trinajstić information content (AvgIpc) is 3.35. The monoisotopic (exact) mass is 554 g/mol. The molecule has 0 bridgehead atoms. The molecule has 0 radical (unpaired) electrons. The van der Waals surface area contributed by atoms with Crippen LogP contribution >= 0.6 is 22.9 Å². The summed E-state index contributed by atoms with van der Waals surface area (Å²) in [6.45, 7) is 2.97. The van der Waals surface area contributed by atoms with Gasteiger partial charge in [-0.3, -0.25) is 14.7 Å². The smallest absolute Gasteiger partial charge is 0.243 e. The number of rotatable bonds is 7. The van der Waals surface area contributed by atoms with Crippen molar-refractivity contribution >= 4 is 54.2 Å². The van der Waals surface area contributed by atoms with Crippen molar-refractivity contribution in [1.82, 2.24) is 14.3 Å². The number of carbonyl (C=O) groups excluding carboxylic acids is 1. The molecule has 2 aromatic heterocycles. The number of hydrogen-bond donors (Lipinski definition) is 0. The predicted molar refractivity (Wildman–Crippen MR) is 147 cm³/mol.